The zero-order valence-corrected chi connectivity index (χ0v) is 12.1. The van der Waals surface area contributed by atoms with Crippen LogP contribution in [0, 0.1) is 5.92 Å². The molecule has 1 aliphatic rings. The van der Waals surface area contributed by atoms with Gasteiger partial charge in [-0.15, -0.1) is 0 Å². The van der Waals surface area contributed by atoms with Gasteiger partial charge >= 0.3 is 0 Å². The average Bonchev–Trinajstić information content (AvgIpc) is 2.83. The second-order valence-corrected chi connectivity index (χ2v) is 6.06. The Labute approximate surface area is 122 Å². The van der Waals surface area contributed by atoms with Crippen molar-refractivity contribution < 1.29 is 5.11 Å². The van der Waals surface area contributed by atoms with E-state index in [9.17, 15) is 5.11 Å². The van der Waals surface area contributed by atoms with Gasteiger partial charge in [-0.3, -0.25) is 0 Å². The number of imidazole rings is 1. The Hall–Kier alpha value is -1.40. The molecule has 6 nitrogen and oxygen atoms in total. The zero-order valence-electron chi connectivity index (χ0n) is 11.4. The Morgan fingerprint density at radius 1 is 1.55 bits per heavy atom. The molecule has 2 heterocycles. The molecule has 0 amide bonds. The molecule has 0 spiro atoms. The first-order valence-corrected chi connectivity index (χ1v) is 7.26. The predicted octanol–water partition coefficient (Wildman–Crippen LogP) is 2.36. The molecule has 2 aromatic rings. The first-order valence-electron chi connectivity index (χ1n) is 6.89. The van der Waals surface area contributed by atoms with Crippen molar-refractivity contribution in [2.24, 2.45) is 5.92 Å². The molecule has 2 atom stereocenters. The highest BCUT2D eigenvalue weighted by Crippen LogP contribution is 2.32. The number of anilines is 1. The average molecular weight is 296 g/mol. The van der Waals surface area contributed by atoms with E-state index < -0.39 is 5.60 Å². The van der Waals surface area contributed by atoms with Crippen molar-refractivity contribution >= 4 is 28.6 Å². The fourth-order valence-corrected chi connectivity index (χ4v) is 3.14. The molecule has 7 heteroatoms. The van der Waals surface area contributed by atoms with Gasteiger partial charge in [0.1, 0.15) is 5.52 Å². The molecule has 108 valence electrons. The third-order valence-electron chi connectivity index (χ3n) is 3.91. The van der Waals surface area contributed by atoms with E-state index in [-0.39, 0.29) is 5.28 Å². The van der Waals surface area contributed by atoms with Crippen molar-refractivity contribution in [1.29, 1.82) is 0 Å². The van der Waals surface area contributed by atoms with Crippen LogP contribution in [0.2, 0.25) is 5.28 Å². The molecule has 2 unspecified atom stereocenters. The number of nitrogens with one attached hydrogen (secondary N) is 2. The number of rotatable bonds is 3. The molecular formula is C13H18ClN5O. The van der Waals surface area contributed by atoms with Crippen LogP contribution in [0.1, 0.15) is 32.6 Å². The van der Waals surface area contributed by atoms with E-state index in [1.807, 2.05) is 0 Å². The fraction of sp³-hybridized carbons (Fsp3) is 0.615. The molecule has 1 fully saturated rings. The lowest BCUT2D eigenvalue weighted by molar-refractivity contribution is -0.000804. The SMILES string of the molecule is CC1CCCC(O)(CNc2nc(Cl)nc3nc[nH]c23)C1. The highest BCUT2D eigenvalue weighted by Gasteiger charge is 2.32. The van der Waals surface area contributed by atoms with Gasteiger partial charge in [0.25, 0.3) is 0 Å². The van der Waals surface area contributed by atoms with Gasteiger partial charge in [-0.25, -0.2) is 4.98 Å². The molecule has 0 saturated heterocycles. The van der Waals surface area contributed by atoms with Crippen LogP contribution in [0.15, 0.2) is 6.33 Å². The van der Waals surface area contributed by atoms with Crippen LogP contribution in [0.4, 0.5) is 5.82 Å². The van der Waals surface area contributed by atoms with E-state index in [0.717, 1.165) is 19.3 Å². The number of aromatic amines is 1. The van der Waals surface area contributed by atoms with Crippen LogP contribution in [0.5, 0.6) is 0 Å². The van der Waals surface area contributed by atoms with Crippen molar-refractivity contribution in [3.05, 3.63) is 11.6 Å². The van der Waals surface area contributed by atoms with Crippen LogP contribution in [-0.2, 0) is 0 Å². The van der Waals surface area contributed by atoms with E-state index in [0.29, 0.717) is 29.4 Å². The Bertz CT molecular complexity index is 616. The predicted molar refractivity (Wildman–Crippen MR) is 77.8 cm³/mol. The maximum absolute atomic E-state index is 10.6. The highest BCUT2D eigenvalue weighted by molar-refractivity contribution is 6.28. The Kier molecular flexibility index (Phi) is 3.52. The highest BCUT2D eigenvalue weighted by atomic mass is 35.5. The minimum absolute atomic E-state index is 0.149. The van der Waals surface area contributed by atoms with Crippen LogP contribution in [0.25, 0.3) is 11.2 Å². The maximum atomic E-state index is 10.6. The molecular weight excluding hydrogens is 278 g/mol. The molecule has 3 N–H and O–H groups in total. The van der Waals surface area contributed by atoms with Crippen molar-refractivity contribution in [2.75, 3.05) is 11.9 Å². The Balaban J connectivity index is 1.78. The van der Waals surface area contributed by atoms with Crippen LogP contribution in [-0.4, -0.2) is 37.2 Å². The van der Waals surface area contributed by atoms with Crippen LogP contribution >= 0.6 is 11.6 Å². The number of nitrogens with zero attached hydrogens (tertiary/aromatic N) is 3. The number of halogens is 1. The zero-order chi connectivity index (χ0) is 14.2. The lowest BCUT2D eigenvalue weighted by atomic mass is 9.79. The van der Waals surface area contributed by atoms with Crippen molar-refractivity contribution in [1.82, 2.24) is 19.9 Å². The number of hydrogen-bond acceptors (Lipinski definition) is 5. The van der Waals surface area contributed by atoms with E-state index >= 15 is 0 Å². The standard InChI is InChI=1S/C13H18ClN5O/c1-8-3-2-4-13(20,5-8)6-15-10-9-11(17-7-16-9)19-12(14)18-10/h7-8,20H,2-6H2,1H3,(H2,15,16,17,18,19). The van der Waals surface area contributed by atoms with Crippen molar-refractivity contribution in [2.45, 2.75) is 38.2 Å². The summed E-state index contributed by atoms with van der Waals surface area (Å²) >= 11 is 5.88. The molecule has 0 aliphatic heterocycles. The fourth-order valence-electron chi connectivity index (χ4n) is 2.98. The number of hydrogen-bond donors (Lipinski definition) is 3. The molecule has 2 aromatic heterocycles. The number of fused-ring (bicyclic) bond motifs is 1. The molecule has 0 bridgehead atoms. The second kappa shape index (κ2) is 5.18. The third-order valence-corrected chi connectivity index (χ3v) is 4.08. The van der Waals surface area contributed by atoms with Gasteiger partial charge in [0, 0.05) is 6.54 Å². The van der Waals surface area contributed by atoms with E-state index in [1.165, 1.54) is 6.42 Å². The van der Waals surface area contributed by atoms with Gasteiger partial charge in [0.2, 0.25) is 5.28 Å². The summed E-state index contributed by atoms with van der Waals surface area (Å²) in [6.45, 7) is 2.64. The first-order chi connectivity index (χ1) is 9.56. The van der Waals surface area contributed by atoms with Gasteiger partial charge in [0.15, 0.2) is 11.5 Å². The lowest BCUT2D eigenvalue weighted by Gasteiger charge is -2.35. The summed E-state index contributed by atoms with van der Waals surface area (Å²) in [4.78, 5) is 15.3. The summed E-state index contributed by atoms with van der Waals surface area (Å²) < 4.78 is 0. The van der Waals surface area contributed by atoms with Gasteiger partial charge in [-0.1, -0.05) is 19.8 Å². The summed E-state index contributed by atoms with van der Waals surface area (Å²) in [6, 6.07) is 0. The minimum Gasteiger partial charge on any atom is -0.388 e. The summed E-state index contributed by atoms with van der Waals surface area (Å²) in [5, 5.41) is 14.0. The lowest BCUT2D eigenvalue weighted by Crippen LogP contribution is -2.41. The normalized spacial score (nSPS) is 26.9. The minimum atomic E-state index is -0.679. The summed E-state index contributed by atoms with van der Waals surface area (Å²) in [5.41, 5.74) is 0.555. The molecule has 1 saturated carbocycles. The van der Waals surface area contributed by atoms with Gasteiger partial charge in [0.05, 0.1) is 11.9 Å². The van der Waals surface area contributed by atoms with E-state index in [1.54, 1.807) is 6.33 Å². The van der Waals surface area contributed by atoms with E-state index in [2.05, 4.69) is 32.2 Å². The van der Waals surface area contributed by atoms with E-state index in [4.69, 9.17) is 11.6 Å². The summed E-state index contributed by atoms with van der Waals surface area (Å²) in [7, 11) is 0. The molecule has 20 heavy (non-hydrogen) atoms. The monoisotopic (exact) mass is 295 g/mol. The number of aliphatic hydroxyl groups is 1. The Morgan fingerprint density at radius 2 is 2.40 bits per heavy atom. The molecule has 0 aromatic carbocycles. The third kappa shape index (κ3) is 2.71. The number of aromatic nitrogens is 4. The van der Waals surface area contributed by atoms with Crippen LogP contribution in [0.3, 0.4) is 0 Å². The number of H-pyrrole nitrogens is 1. The van der Waals surface area contributed by atoms with Crippen molar-refractivity contribution in [3.8, 4) is 0 Å². The van der Waals surface area contributed by atoms with Gasteiger partial charge < -0.3 is 15.4 Å². The first kappa shape index (κ1) is 13.6. The van der Waals surface area contributed by atoms with Gasteiger partial charge in [-0.05, 0) is 30.4 Å². The van der Waals surface area contributed by atoms with Crippen LogP contribution < -0.4 is 5.32 Å². The quantitative estimate of drug-likeness (QED) is 0.757. The van der Waals surface area contributed by atoms with Gasteiger partial charge in [-0.2, -0.15) is 9.97 Å². The smallest absolute Gasteiger partial charge is 0.226 e. The topological polar surface area (TPSA) is 86.7 Å². The summed E-state index contributed by atoms with van der Waals surface area (Å²) in [5.74, 6) is 1.14. The maximum Gasteiger partial charge on any atom is 0.226 e. The largest absolute Gasteiger partial charge is 0.388 e. The second-order valence-electron chi connectivity index (χ2n) is 5.72. The molecule has 0 radical (unpaired) electrons. The summed E-state index contributed by atoms with van der Waals surface area (Å²) in [6.07, 6.45) is 5.42. The molecule has 3 rings (SSSR count). The molecule has 1 aliphatic carbocycles. The van der Waals surface area contributed by atoms with Crippen molar-refractivity contribution in [3.63, 3.8) is 0 Å². The Morgan fingerprint density at radius 3 is 3.20 bits per heavy atom.